The standard InChI is InChI=1S/C46H28N2S2/c1-5-19-37-33(15-1)43(31-13-9-11-29(23-31)41-25-47-27-49-41)34-16-2-6-20-38(34)45(37)46-39-21-7-3-17-35(39)44(36-18-4-8-22-40(36)46)32-14-10-12-30(24-32)42-26-48-28-50-42/h1-28H. The topological polar surface area (TPSA) is 25.8 Å². The SMILES string of the molecule is c1cc(-c2cncs2)cc(-c2c3ccccc3c(-c3c4ccccc4c(-c4cccc(-c5cncs5)c4)c4ccccc34)c3ccccc23)c1. The first kappa shape index (κ1) is 29.0. The number of aromatic nitrogens is 2. The Labute approximate surface area is 297 Å². The number of nitrogens with zero attached hydrogens (tertiary/aromatic N) is 2. The van der Waals surface area contributed by atoms with E-state index < -0.39 is 0 Å². The van der Waals surface area contributed by atoms with Crippen LogP contribution < -0.4 is 0 Å². The molecule has 2 heterocycles. The van der Waals surface area contributed by atoms with Crippen molar-refractivity contribution in [2.75, 3.05) is 0 Å². The fourth-order valence-electron chi connectivity index (χ4n) is 7.79. The third-order valence-corrected chi connectivity index (χ3v) is 11.5. The lowest BCUT2D eigenvalue weighted by Gasteiger charge is -2.22. The van der Waals surface area contributed by atoms with Crippen molar-refractivity contribution in [3.05, 3.63) is 169 Å². The van der Waals surface area contributed by atoms with E-state index in [4.69, 9.17) is 0 Å². The lowest BCUT2D eigenvalue weighted by molar-refractivity contribution is 1.42. The van der Waals surface area contributed by atoms with Crippen LogP contribution in [0.1, 0.15) is 0 Å². The zero-order valence-electron chi connectivity index (χ0n) is 26.9. The summed E-state index contributed by atoms with van der Waals surface area (Å²) in [6.07, 6.45) is 3.91. The van der Waals surface area contributed by atoms with Crippen molar-refractivity contribution in [1.82, 2.24) is 9.97 Å². The van der Waals surface area contributed by atoms with E-state index in [1.807, 2.05) is 23.4 Å². The van der Waals surface area contributed by atoms with Crippen molar-refractivity contribution < 1.29 is 0 Å². The van der Waals surface area contributed by atoms with Crippen LogP contribution in [0.15, 0.2) is 169 Å². The van der Waals surface area contributed by atoms with E-state index >= 15 is 0 Å². The fourth-order valence-corrected chi connectivity index (χ4v) is 9.03. The summed E-state index contributed by atoms with van der Waals surface area (Å²) in [6, 6.07) is 53.7. The molecule has 0 unspecified atom stereocenters. The van der Waals surface area contributed by atoms with Crippen molar-refractivity contribution >= 4 is 65.8 Å². The molecule has 50 heavy (non-hydrogen) atoms. The number of benzene rings is 8. The van der Waals surface area contributed by atoms with Gasteiger partial charge in [-0.2, -0.15) is 0 Å². The van der Waals surface area contributed by atoms with Gasteiger partial charge in [-0.1, -0.05) is 133 Å². The summed E-state index contributed by atoms with van der Waals surface area (Å²) < 4.78 is 0. The van der Waals surface area contributed by atoms with Gasteiger partial charge in [-0.25, -0.2) is 0 Å². The van der Waals surface area contributed by atoms with E-state index in [9.17, 15) is 0 Å². The highest BCUT2D eigenvalue weighted by molar-refractivity contribution is 7.13. The Morgan fingerprint density at radius 3 is 0.900 bits per heavy atom. The average molecular weight is 673 g/mol. The predicted molar refractivity (Wildman–Crippen MR) is 215 cm³/mol. The molecule has 0 aliphatic rings. The van der Waals surface area contributed by atoms with E-state index in [2.05, 4.69) is 156 Å². The average Bonchev–Trinajstić information content (AvgIpc) is 3.93. The van der Waals surface area contributed by atoms with Crippen LogP contribution in [0.3, 0.4) is 0 Å². The second kappa shape index (κ2) is 11.9. The van der Waals surface area contributed by atoms with Gasteiger partial charge in [-0.15, -0.1) is 22.7 Å². The zero-order valence-corrected chi connectivity index (χ0v) is 28.5. The summed E-state index contributed by atoms with van der Waals surface area (Å²) >= 11 is 3.35. The summed E-state index contributed by atoms with van der Waals surface area (Å²) in [5.74, 6) is 0. The second-order valence-electron chi connectivity index (χ2n) is 12.6. The van der Waals surface area contributed by atoms with Gasteiger partial charge < -0.3 is 0 Å². The number of fused-ring (bicyclic) bond motifs is 4. The van der Waals surface area contributed by atoms with Gasteiger partial charge in [0.05, 0.1) is 20.8 Å². The molecular weight excluding hydrogens is 645 g/mol. The summed E-state index contributed by atoms with van der Waals surface area (Å²) in [5.41, 5.74) is 13.7. The normalized spacial score (nSPS) is 11.6. The molecule has 0 radical (unpaired) electrons. The minimum atomic E-state index is 1.17. The quantitative estimate of drug-likeness (QED) is 0.170. The Balaban J connectivity index is 1.32. The van der Waals surface area contributed by atoms with E-state index in [1.54, 1.807) is 22.7 Å². The van der Waals surface area contributed by atoms with Gasteiger partial charge in [0.25, 0.3) is 0 Å². The molecule has 0 bridgehead atoms. The zero-order chi connectivity index (χ0) is 33.0. The molecule has 0 saturated heterocycles. The third kappa shape index (κ3) is 4.61. The number of hydrogen-bond acceptors (Lipinski definition) is 4. The van der Waals surface area contributed by atoms with Crippen LogP contribution in [-0.2, 0) is 0 Å². The molecule has 2 aromatic heterocycles. The Morgan fingerprint density at radius 2 is 0.600 bits per heavy atom. The van der Waals surface area contributed by atoms with Crippen molar-refractivity contribution in [2.45, 2.75) is 0 Å². The van der Waals surface area contributed by atoms with Crippen LogP contribution >= 0.6 is 22.7 Å². The molecule has 10 aromatic rings. The van der Waals surface area contributed by atoms with Crippen molar-refractivity contribution in [1.29, 1.82) is 0 Å². The minimum absolute atomic E-state index is 1.17. The molecular formula is C46H28N2S2. The molecule has 0 spiro atoms. The van der Waals surface area contributed by atoms with Crippen LogP contribution in [0.4, 0.5) is 0 Å². The molecule has 0 aliphatic heterocycles. The summed E-state index contributed by atoms with van der Waals surface area (Å²) in [4.78, 5) is 11.1. The molecule has 0 saturated carbocycles. The molecule has 8 aromatic carbocycles. The molecule has 4 heteroatoms. The summed E-state index contributed by atoms with van der Waals surface area (Å²) in [6.45, 7) is 0. The highest BCUT2D eigenvalue weighted by Crippen LogP contribution is 2.50. The van der Waals surface area contributed by atoms with Gasteiger partial charge in [0.15, 0.2) is 0 Å². The Bertz CT molecular complexity index is 2560. The number of thiazole rings is 2. The maximum atomic E-state index is 4.35. The smallest absolute Gasteiger partial charge is 0.0797 e. The first-order chi connectivity index (χ1) is 24.8. The lowest BCUT2D eigenvalue weighted by Crippen LogP contribution is -1.94. The Hall–Kier alpha value is -5.94. The summed E-state index contributed by atoms with van der Waals surface area (Å²) in [7, 11) is 0. The highest BCUT2D eigenvalue weighted by atomic mass is 32.1. The highest BCUT2D eigenvalue weighted by Gasteiger charge is 2.22. The van der Waals surface area contributed by atoms with E-state index in [0.29, 0.717) is 0 Å². The number of hydrogen-bond donors (Lipinski definition) is 0. The Morgan fingerprint density at radius 1 is 0.300 bits per heavy atom. The first-order valence-corrected chi connectivity index (χ1v) is 18.5. The van der Waals surface area contributed by atoms with Gasteiger partial charge in [0.2, 0.25) is 0 Å². The van der Waals surface area contributed by atoms with Crippen molar-refractivity contribution in [3.8, 4) is 54.3 Å². The molecule has 0 fully saturated rings. The molecule has 0 atom stereocenters. The van der Waals surface area contributed by atoms with Gasteiger partial charge in [0, 0.05) is 12.4 Å². The molecule has 2 nitrogen and oxygen atoms in total. The lowest BCUT2D eigenvalue weighted by atomic mass is 9.81. The van der Waals surface area contributed by atoms with Crippen LogP contribution in [-0.4, -0.2) is 9.97 Å². The van der Waals surface area contributed by atoms with Crippen LogP contribution in [0, 0.1) is 0 Å². The molecule has 10 rings (SSSR count). The fraction of sp³-hybridized carbons (Fsp3) is 0. The molecule has 0 amide bonds. The van der Waals surface area contributed by atoms with Gasteiger partial charge in [-0.3, -0.25) is 9.97 Å². The predicted octanol–water partition coefficient (Wildman–Crippen LogP) is 13.5. The van der Waals surface area contributed by atoms with E-state index in [1.165, 1.54) is 97.4 Å². The van der Waals surface area contributed by atoms with Crippen LogP contribution in [0.5, 0.6) is 0 Å². The first-order valence-electron chi connectivity index (χ1n) is 16.7. The van der Waals surface area contributed by atoms with Crippen LogP contribution in [0.2, 0.25) is 0 Å². The minimum Gasteiger partial charge on any atom is -0.252 e. The molecule has 0 aliphatic carbocycles. The van der Waals surface area contributed by atoms with E-state index in [0.717, 1.165) is 0 Å². The molecule has 234 valence electrons. The maximum Gasteiger partial charge on any atom is 0.0797 e. The maximum absolute atomic E-state index is 4.35. The number of rotatable bonds is 5. The largest absolute Gasteiger partial charge is 0.252 e. The van der Waals surface area contributed by atoms with Gasteiger partial charge in [-0.05, 0) is 99.7 Å². The third-order valence-electron chi connectivity index (χ3n) is 9.85. The summed E-state index contributed by atoms with van der Waals surface area (Å²) in [5, 5.41) is 9.99. The monoisotopic (exact) mass is 672 g/mol. The van der Waals surface area contributed by atoms with Crippen LogP contribution in [0.25, 0.3) is 97.4 Å². The van der Waals surface area contributed by atoms with Gasteiger partial charge >= 0.3 is 0 Å². The van der Waals surface area contributed by atoms with Gasteiger partial charge in [0.1, 0.15) is 0 Å². The molecule has 0 N–H and O–H groups in total. The van der Waals surface area contributed by atoms with Crippen molar-refractivity contribution in [3.63, 3.8) is 0 Å². The van der Waals surface area contributed by atoms with E-state index in [-0.39, 0.29) is 0 Å². The second-order valence-corrected chi connectivity index (χ2v) is 14.3. The Kier molecular flexibility index (Phi) is 6.90. The van der Waals surface area contributed by atoms with Crippen molar-refractivity contribution in [2.24, 2.45) is 0 Å².